The number of hydrogen-bond donors (Lipinski definition) is 0. The minimum atomic E-state index is -0.0487. The molecule has 0 saturated heterocycles. The lowest BCUT2D eigenvalue weighted by Gasteiger charge is -2.57. The summed E-state index contributed by atoms with van der Waals surface area (Å²) in [6.45, 7) is 4.72. The maximum Gasteiger partial charge on any atom is 0.0468 e. The van der Waals surface area contributed by atoms with Crippen LogP contribution in [0, 0.1) is 17.8 Å². The molecule has 0 aromatic heterocycles. The van der Waals surface area contributed by atoms with Crippen molar-refractivity contribution < 1.29 is 0 Å². The number of nitrogens with zero attached hydrogens (tertiary/aromatic N) is 1. The molecule has 0 atom stereocenters. The molecule has 5 aliphatic rings. The zero-order valence-electron chi connectivity index (χ0n) is 34.7. The van der Waals surface area contributed by atoms with Gasteiger partial charge in [0.15, 0.2) is 0 Å². The van der Waals surface area contributed by atoms with Gasteiger partial charge in [-0.05, 0) is 170 Å². The molecule has 4 saturated carbocycles. The Hall–Kier alpha value is -6.18. The first-order valence-electron chi connectivity index (χ1n) is 22.3. The van der Waals surface area contributed by atoms with Crippen LogP contribution in [0.4, 0.5) is 17.1 Å². The largest absolute Gasteiger partial charge is 0.310 e. The highest BCUT2D eigenvalue weighted by atomic mass is 15.1. The van der Waals surface area contributed by atoms with E-state index in [2.05, 4.69) is 201 Å². The van der Waals surface area contributed by atoms with Crippen molar-refractivity contribution in [2.75, 3.05) is 4.90 Å². The van der Waals surface area contributed by atoms with Crippen LogP contribution in [0.3, 0.4) is 0 Å². The van der Waals surface area contributed by atoms with Crippen LogP contribution < -0.4 is 4.90 Å². The average molecular weight is 774 g/mol. The number of hydrogen-bond acceptors (Lipinski definition) is 1. The summed E-state index contributed by atoms with van der Waals surface area (Å²) >= 11 is 0. The number of fused-ring (bicyclic) bond motifs is 4. The van der Waals surface area contributed by atoms with Gasteiger partial charge < -0.3 is 4.90 Å². The third-order valence-corrected chi connectivity index (χ3v) is 15.2. The van der Waals surface area contributed by atoms with Crippen molar-refractivity contribution in [3.8, 4) is 44.5 Å². The lowest BCUT2D eigenvalue weighted by molar-refractivity contribution is -0.00518. The minimum absolute atomic E-state index is 0.0487. The van der Waals surface area contributed by atoms with Gasteiger partial charge in [0.2, 0.25) is 0 Å². The van der Waals surface area contributed by atoms with E-state index in [4.69, 9.17) is 0 Å². The lowest BCUT2D eigenvalue weighted by Crippen LogP contribution is -2.48. The summed E-state index contributed by atoms with van der Waals surface area (Å²) in [5.74, 6) is 2.87. The lowest BCUT2D eigenvalue weighted by atomic mass is 9.48. The van der Waals surface area contributed by atoms with Crippen LogP contribution in [0.1, 0.15) is 69.1 Å². The molecule has 8 aromatic rings. The molecule has 5 aliphatic carbocycles. The molecule has 0 amide bonds. The van der Waals surface area contributed by atoms with Gasteiger partial charge in [0.05, 0.1) is 0 Å². The molecule has 0 aliphatic heterocycles. The molecule has 4 bridgehead atoms. The molecule has 292 valence electrons. The molecule has 60 heavy (non-hydrogen) atoms. The van der Waals surface area contributed by atoms with Gasteiger partial charge in [-0.1, -0.05) is 159 Å². The van der Waals surface area contributed by atoms with Crippen molar-refractivity contribution in [1.82, 2.24) is 0 Å². The van der Waals surface area contributed by atoms with E-state index < -0.39 is 0 Å². The van der Waals surface area contributed by atoms with E-state index in [1.807, 2.05) is 0 Å². The van der Waals surface area contributed by atoms with Crippen molar-refractivity contribution in [2.45, 2.75) is 63.2 Å². The average Bonchev–Trinajstić information content (AvgIpc) is 3.51. The normalized spacial score (nSPS) is 21.8. The van der Waals surface area contributed by atoms with Crippen LogP contribution >= 0.6 is 0 Å². The first kappa shape index (κ1) is 35.7. The molecule has 1 nitrogen and oxygen atoms in total. The Balaban J connectivity index is 0.953. The highest BCUT2D eigenvalue weighted by molar-refractivity contribution is 6.06. The van der Waals surface area contributed by atoms with Gasteiger partial charge in [-0.25, -0.2) is 0 Å². The fourth-order valence-corrected chi connectivity index (χ4v) is 12.8. The molecule has 0 heterocycles. The van der Waals surface area contributed by atoms with Crippen molar-refractivity contribution in [3.05, 3.63) is 199 Å². The molecular weight excluding hydrogens is 723 g/mol. The van der Waals surface area contributed by atoms with E-state index in [0.29, 0.717) is 5.41 Å². The standard InChI is InChI=1S/C59H51N/c1-58(2)55-20-7-6-17-53(55)54-35-50(29-30-56(54)58)60(49-16-8-15-46(34-49)52-19-10-14-45-13-9-18-51(57(45)52)44-11-4-3-5-12-44)48-27-23-43(24-28-48)42-21-25-47(26-22-42)59-36-39-31-40(37-59)33-41(32-39)38-59/h3-30,34-35,39-41H,31-33,36-38H2,1-2H3. The predicted molar refractivity (Wildman–Crippen MR) is 252 cm³/mol. The fraction of sp³-hybridized carbons (Fsp3) is 0.220. The molecule has 13 rings (SSSR count). The van der Waals surface area contributed by atoms with E-state index in [0.717, 1.165) is 34.8 Å². The first-order valence-corrected chi connectivity index (χ1v) is 22.3. The quantitative estimate of drug-likeness (QED) is 0.156. The number of rotatable bonds is 7. The van der Waals surface area contributed by atoms with E-state index in [-0.39, 0.29) is 5.41 Å². The topological polar surface area (TPSA) is 3.24 Å². The van der Waals surface area contributed by atoms with Crippen LogP contribution in [-0.2, 0) is 10.8 Å². The highest BCUT2D eigenvalue weighted by Gasteiger charge is 2.51. The Morgan fingerprint density at radius 3 is 1.63 bits per heavy atom. The van der Waals surface area contributed by atoms with Gasteiger partial charge in [0.1, 0.15) is 0 Å². The summed E-state index contributed by atoms with van der Waals surface area (Å²) in [7, 11) is 0. The Morgan fingerprint density at radius 1 is 0.400 bits per heavy atom. The third-order valence-electron chi connectivity index (χ3n) is 15.2. The fourth-order valence-electron chi connectivity index (χ4n) is 12.8. The maximum atomic E-state index is 2.48. The van der Waals surface area contributed by atoms with E-state index in [1.54, 1.807) is 5.56 Å². The molecule has 1 heteroatoms. The molecule has 0 radical (unpaired) electrons. The van der Waals surface area contributed by atoms with Crippen molar-refractivity contribution >= 4 is 27.8 Å². The molecule has 8 aromatic carbocycles. The minimum Gasteiger partial charge on any atom is -0.310 e. The summed E-state index contributed by atoms with van der Waals surface area (Å²) in [4.78, 5) is 2.46. The maximum absolute atomic E-state index is 2.48. The molecule has 0 unspecified atom stereocenters. The van der Waals surface area contributed by atoms with Crippen LogP contribution in [0.15, 0.2) is 182 Å². The Morgan fingerprint density at radius 2 is 0.933 bits per heavy atom. The summed E-state index contributed by atoms with van der Waals surface area (Å²) in [5, 5.41) is 2.53. The third kappa shape index (κ3) is 5.73. The van der Waals surface area contributed by atoms with Crippen molar-refractivity contribution in [2.24, 2.45) is 17.8 Å². The molecule has 0 spiro atoms. The van der Waals surface area contributed by atoms with Crippen LogP contribution in [0.5, 0.6) is 0 Å². The SMILES string of the molecule is CC1(C)c2ccccc2-c2cc(N(c3ccc(-c4ccc(C56CC7CC(CC(C7)C5)C6)cc4)cc3)c3cccc(-c4cccc5cccc(-c6ccccc6)c45)c3)ccc21. The van der Waals surface area contributed by atoms with Crippen molar-refractivity contribution in [3.63, 3.8) is 0 Å². The predicted octanol–water partition coefficient (Wildman–Crippen LogP) is 16.1. The smallest absolute Gasteiger partial charge is 0.0468 e. The highest BCUT2D eigenvalue weighted by Crippen LogP contribution is 2.61. The molecular formula is C59H51N. The van der Waals surface area contributed by atoms with Gasteiger partial charge >= 0.3 is 0 Å². The zero-order chi connectivity index (χ0) is 40.0. The number of anilines is 3. The Kier molecular flexibility index (Phi) is 8.15. The summed E-state index contributed by atoms with van der Waals surface area (Å²) in [5.41, 5.74) is 18.4. The van der Waals surface area contributed by atoms with Gasteiger partial charge in [-0.15, -0.1) is 0 Å². The summed E-state index contributed by atoms with van der Waals surface area (Å²) in [6, 6.07) is 68.5. The van der Waals surface area contributed by atoms with E-state index >= 15 is 0 Å². The molecule has 4 fully saturated rings. The van der Waals surface area contributed by atoms with Crippen LogP contribution in [-0.4, -0.2) is 0 Å². The van der Waals surface area contributed by atoms with Crippen LogP contribution in [0.25, 0.3) is 55.3 Å². The Bertz CT molecular complexity index is 2880. The van der Waals surface area contributed by atoms with Gasteiger partial charge in [-0.3, -0.25) is 0 Å². The van der Waals surface area contributed by atoms with Gasteiger partial charge in [0, 0.05) is 22.5 Å². The van der Waals surface area contributed by atoms with Crippen LogP contribution in [0.2, 0.25) is 0 Å². The second kappa shape index (κ2) is 13.7. The number of benzene rings is 8. The summed E-state index contributed by atoms with van der Waals surface area (Å²) < 4.78 is 0. The zero-order valence-corrected chi connectivity index (χ0v) is 34.7. The second-order valence-corrected chi connectivity index (χ2v) is 19.2. The summed E-state index contributed by atoms with van der Waals surface area (Å²) in [6.07, 6.45) is 8.68. The molecule has 0 N–H and O–H groups in total. The second-order valence-electron chi connectivity index (χ2n) is 19.2. The van der Waals surface area contributed by atoms with Gasteiger partial charge in [-0.2, -0.15) is 0 Å². The van der Waals surface area contributed by atoms with E-state index in [1.165, 1.54) is 105 Å². The van der Waals surface area contributed by atoms with Crippen molar-refractivity contribution in [1.29, 1.82) is 0 Å². The Labute approximate surface area is 355 Å². The van der Waals surface area contributed by atoms with E-state index in [9.17, 15) is 0 Å². The van der Waals surface area contributed by atoms with Gasteiger partial charge in [0.25, 0.3) is 0 Å². The monoisotopic (exact) mass is 773 g/mol. The first-order chi connectivity index (χ1) is 29.4.